The van der Waals surface area contributed by atoms with Gasteiger partial charge in [-0.3, -0.25) is 10.1 Å². The number of hydrogen-bond acceptors (Lipinski definition) is 5. The van der Waals surface area contributed by atoms with Gasteiger partial charge >= 0.3 is 5.97 Å². The van der Waals surface area contributed by atoms with E-state index in [1.54, 1.807) is 23.1 Å². The lowest BCUT2D eigenvalue weighted by Crippen LogP contribution is -2.53. The molecule has 1 aromatic heterocycles. The molecule has 0 aromatic carbocycles. The third-order valence-electron chi connectivity index (χ3n) is 2.73. The van der Waals surface area contributed by atoms with Gasteiger partial charge in [-0.05, 0) is 31.2 Å². The SMILES string of the molecule is COC(=O)C(C)(CSc1cccs1)NC1CC1. The first kappa shape index (κ1) is 12.9. The highest BCUT2D eigenvalue weighted by Gasteiger charge is 2.39. The molecule has 0 bridgehead atoms. The molecule has 2 rings (SSSR count). The van der Waals surface area contributed by atoms with E-state index < -0.39 is 5.54 Å². The molecule has 1 N–H and O–H groups in total. The Morgan fingerprint density at radius 1 is 1.71 bits per heavy atom. The molecule has 1 fully saturated rings. The van der Waals surface area contributed by atoms with Gasteiger partial charge in [-0.25, -0.2) is 0 Å². The maximum Gasteiger partial charge on any atom is 0.326 e. The molecule has 94 valence electrons. The molecule has 0 spiro atoms. The van der Waals surface area contributed by atoms with E-state index in [0.29, 0.717) is 11.8 Å². The van der Waals surface area contributed by atoms with E-state index in [9.17, 15) is 4.79 Å². The zero-order valence-electron chi connectivity index (χ0n) is 10.1. The molecule has 0 saturated heterocycles. The van der Waals surface area contributed by atoms with E-state index in [0.717, 1.165) is 12.8 Å². The van der Waals surface area contributed by atoms with Crippen LogP contribution in [0.3, 0.4) is 0 Å². The fourth-order valence-corrected chi connectivity index (χ4v) is 3.49. The second-order valence-electron chi connectivity index (χ2n) is 4.46. The van der Waals surface area contributed by atoms with E-state index >= 15 is 0 Å². The Balaban J connectivity index is 1.96. The number of esters is 1. The minimum absolute atomic E-state index is 0.173. The van der Waals surface area contributed by atoms with Crippen LogP contribution >= 0.6 is 23.1 Å². The van der Waals surface area contributed by atoms with Crippen molar-refractivity contribution in [2.75, 3.05) is 12.9 Å². The molecular formula is C12H17NO2S2. The van der Waals surface area contributed by atoms with Gasteiger partial charge in [0.25, 0.3) is 0 Å². The Kier molecular flexibility index (Phi) is 4.12. The van der Waals surface area contributed by atoms with Gasteiger partial charge in [-0.1, -0.05) is 6.07 Å². The lowest BCUT2D eigenvalue weighted by molar-refractivity contribution is -0.146. The van der Waals surface area contributed by atoms with Crippen LogP contribution in [0.25, 0.3) is 0 Å². The van der Waals surface area contributed by atoms with E-state index in [1.165, 1.54) is 11.3 Å². The van der Waals surface area contributed by atoms with Gasteiger partial charge in [0.1, 0.15) is 5.54 Å². The van der Waals surface area contributed by atoms with E-state index in [4.69, 9.17) is 4.74 Å². The van der Waals surface area contributed by atoms with Crippen LogP contribution in [-0.2, 0) is 9.53 Å². The highest BCUT2D eigenvalue weighted by molar-refractivity contribution is 8.01. The number of nitrogens with one attached hydrogen (secondary N) is 1. The molecule has 1 heterocycles. The fraction of sp³-hybridized carbons (Fsp3) is 0.583. The summed E-state index contributed by atoms with van der Waals surface area (Å²) < 4.78 is 6.14. The quantitative estimate of drug-likeness (QED) is 0.637. The van der Waals surface area contributed by atoms with E-state index in [2.05, 4.69) is 11.4 Å². The Hall–Kier alpha value is -0.520. The standard InChI is InChI=1S/C12H17NO2S2/c1-12(11(14)15-2,13-9-5-6-9)8-17-10-4-3-7-16-10/h3-4,7,9,13H,5-6,8H2,1-2H3. The van der Waals surface area contributed by atoms with E-state index in [-0.39, 0.29) is 5.97 Å². The van der Waals surface area contributed by atoms with Crippen molar-refractivity contribution >= 4 is 29.1 Å². The number of hydrogen-bond donors (Lipinski definition) is 1. The highest BCUT2D eigenvalue weighted by atomic mass is 32.2. The van der Waals surface area contributed by atoms with Crippen LogP contribution in [0, 0.1) is 0 Å². The Morgan fingerprint density at radius 3 is 3.00 bits per heavy atom. The molecule has 1 saturated carbocycles. The van der Waals surface area contributed by atoms with Gasteiger partial charge < -0.3 is 4.74 Å². The van der Waals surface area contributed by atoms with Crippen LogP contribution in [0.5, 0.6) is 0 Å². The molecule has 5 heteroatoms. The summed E-state index contributed by atoms with van der Waals surface area (Å²) in [4.78, 5) is 11.9. The van der Waals surface area contributed by atoms with Crippen molar-refractivity contribution < 1.29 is 9.53 Å². The molecule has 1 unspecified atom stereocenters. The summed E-state index contributed by atoms with van der Waals surface area (Å²) in [5.74, 6) is 0.532. The van der Waals surface area contributed by atoms with Crippen LogP contribution in [0.1, 0.15) is 19.8 Å². The Labute approximate surface area is 110 Å². The maximum atomic E-state index is 11.9. The lowest BCUT2D eigenvalue weighted by atomic mass is 10.1. The molecule has 1 aromatic rings. The van der Waals surface area contributed by atoms with Gasteiger partial charge in [0.2, 0.25) is 0 Å². The first-order chi connectivity index (χ1) is 8.14. The number of ether oxygens (including phenoxy) is 1. The van der Waals surface area contributed by atoms with Crippen LogP contribution in [0.2, 0.25) is 0 Å². The number of thiophene rings is 1. The second-order valence-corrected chi connectivity index (χ2v) is 6.69. The molecule has 3 nitrogen and oxygen atoms in total. The van der Waals surface area contributed by atoms with Crippen molar-refractivity contribution in [1.29, 1.82) is 0 Å². The summed E-state index contributed by atoms with van der Waals surface area (Å²) in [6.07, 6.45) is 2.33. The maximum absolute atomic E-state index is 11.9. The average molecular weight is 271 g/mol. The van der Waals surface area contributed by atoms with Gasteiger partial charge in [-0.15, -0.1) is 23.1 Å². The first-order valence-corrected chi connectivity index (χ1v) is 7.53. The second kappa shape index (κ2) is 5.42. The average Bonchev–Trinajstić information content (AvgIpc) is 2.97. The van der Waals surface area contributed by atoms with Crippen molar-refractivity contribution in [2.45, 2.75) is 35.6 Å². The third-order valence-corrected chi connectivity index (χ3v) is 5.18. The van der Waals surface area contributed by atoms with Gasteiger partial charge in [0.05, 0.1) is 11.3 Å². The van der Waals surface area contributed by atoms with Gasteiger partial charge in [0, 0.05) is 11.8 Å². The first-order valence-electron chi connectivity index (χ1n) is 5.66. The van der Waals surface area contributed by atoms with Crippen LogP contribution < -0.4 is 5.32 Å². The summed E-state index contributed by atoms with van der Waals surface area (Å²) >= 11 is 3.40. The van der Waals surface area contributed by atoms with Crippen LogP contribution in [0.4, 0.5) is 0 Å². The molecule has 1 aliphatic rings. The molecule has 17 heavy (non-hydrogen) atoms. The molecule has 0 amide bonds. The summed E-state index contributed by atoms with van der Waals surface area (Å²) in [5, 5.41) is 5.44. The molecule has 1 aliphatic carbocycles. The molecule has 0 radical (unpaired) electrons. The van der Waals surface area contributed by atoms with Gasteiger partial charge in [0.15, 0.2) is 0 Å². The zero-order valence-corrected chi connectivity index (χ0v) is 11.7. The number of thioether (sulfide) groups is 1. The zero-order chi connectivity index (χ0) is 12.3. The Morgan fingerprint density at radius 2 is 2.47 bits per heavy atom. The summed E-state index contributed by atoms with van der Waals surface area (Å²) in [6.45, 7) is 1.93. The van der Waals surface area contributed by atoms with E-state index in [1.807, 2.05) is 18.4 Å². The molecule has 1 atom stereocenters. The van der Waals surface area contributed by atoms with Crippen molar-refractivity contribution in [1.82, 2.24) is 5.32 Å². The predicted octanol–water partition coefficient (Wildman–Crippen LogP) is 2.52. The van der Waals surface area contributed by atoms with Crippen molar-refractivity contribution in [3.63, 3.8) is 0 Å². The summed E-state index contributed by atoms with van der Waals surface area (Å²) in [5.41, 5.74) is -0.579. The monoisotopic (exact) mass is 271 g/mol. The summed E-state index contributed by atoms with van der Waals surface area (Å²) in [6, 6.07) is 4.59. The van der Waals surface area contributed by atoms with Crippen LogP contribution in [0.15, 0.2) is 21.7 Å². The minimum Gasteiger partial charge on any atom is -0.468 e. The largest absolute Gasteiger partial charge is 0.468 e. The fourth-order valence-electron chi connectivity index (χ4n) is 1.62. The smallest absolute Gasteiger partial charge is 0.326 e. The predicted molar refractivity (Wildman–Crippen MR) is 71.6 cm³/mol. The van der Waals surface area contributed by atoms with Crippen molar-refractivity contribution in [3.8, 4) is 0 Å². The van der Waals surface area contributed by atoms with Crippen LogP contribution in [-0.4, -0.2) is 30.4 Å². The normalized spacial score (nSPS) is 18.7. The number of carbonyl (C=O) groups excluding carboxylic acids is 1. The van der Waals surface area contributed by atoms with Crippen molar-refractivity contribution in [3.05, 3.63) is 17.5 Å². The lowest BCUT2D eigenvalue weighted by Gasteiger charge is -2.27. The highest BCUT2D eigenvalue weighted by Crippen LogP contribution is 2.30. The third kappa shape index (κ3) is 3.47. The van der Waals surface area contributed by atoms with Crippen molar-refractivity contribution in [2.24, 2.45) is 0 Å². The number of rotatable bonds is 6. The number of methoxy groups -OCH3 is 1. The topological polar surface area (TPSA) is 38.3 Å². The Bertz CT molecular complexity index is 376. The molecule has 0 aliphatic heterocycles. The van der Waals surface area contributed by atoms with Gasteiger partial charge in [-0.2, -0.15) is 0 Å². The summed E-state index contributed by atoms with van der Waals surface area (Å²) in [7, 11) is 1.45. The number of carbonyl (C=O) groups is 1. The molecular weight excluding hydrogens is 254 g/mol. The minimum atomic E-state index is -0.579.